The van der Waals surface area contributed by atoms with Crippen LogP contribution in [0.3, 0.4) is 0 Å². The first kappa shape index (κ1) is 23.8. The van der Waals surface area contributed by atoms with Gasteiger partial charge in [-0.3, -0.25) is 15.0 Å². The van der Waals surface area contributed by atoms with Crippen molar-refractivity contribution in [1.29, 1.82) is 0 Å². The molecule has 2 amide bonds. The van der Waals surface area contributed by atoms with Crippen molar-refractivity contribution in [3.63, 3.8) is 0 Å². The predicted molar refractivity (Wildman–Crippen MR) is 137 cm³/mol. The smallest absolute Gasteiger partial charge is 0.260 e. The molecule has 1 saturated heterocycles. The molecule has 3 atom stereocenters. The summed E-state index contributed by atoms with van der Waals surface area (Å²) < 4.78 is 13.5. The first-order valence-corrected chi connectivity index (χ1v) is 11.9. The van der Waals surface area contributed by atoms with Crippen LogP contribution in [-0.4, -0.2) is 21.9 Å². The lowest BCUT2D eigenvalue weighted by molar-refractivity contribution is -0.138. The first-order valence-electron chi connectivity index (χ1n) is 11.6. The maximum Gasteiger partial charge on any atom is 0.260 e. The van der Waals surface area contributed by atoms with E-state index < -0.39 is 34.9 Å². The van der Waals surface area contributed by atoms with Gasteiger partial charge in [-0.15, -0.1) is 0 Å². The van der Waals surface area contributed by atoms with Gasteiger partial charge in [0.05, 0.1) is 17.0 Å². The third-order valence-electron chi connectivity index (χ3n) is 7.23. The SMILES string of the molecule is C=CC1=CCC2C(=O)N(Nc3ccc(F)cc3)C(=O)C2(c2ccc(Cl)cc2)C1c1cccc(C)c1O. The molecule has 5 rings (SSSR count). The number of para-hydroxylation sites is 1. The van der Waals surface area contributed by atoms with Gasteiger partial charge < -0.3 is 5.11 Å². The lowest BCUT2D eigenvalue weighted by atomic mass is 9.56. The number of aryl methyl sites for hydroxylation is 1. The summed E-state index contributed by atoms with van der Waals surface area (Å²) in [6, 6.07) is 17.7. The highest BCUT2D eigenvalue weighted by Crippen LogP contribution is 2.58. The number of halogens is 2. The van der Waals surface area contributed by atoms with Gasteiger partial charge >= 0.3 is 0 Å². The molecule has 3 aromatic rings. The summed E-state index contributed by atoms with van der Waals surface area (Å²) in [4.78, 5) is 28.3. The van der Waals surface area contributed by atoms with Gasteiger partial charge in [0.25, 0.3) is 11.8 Å². The number of nitrogens with one attached hydrogen (secondary N) is 1. The average molecular weight is 503 g/mol. The van der Waals surface area contributed by atoms with Crippen LogP contribution in [0.4, 0.5) is 10.1 Å². The van der Waals surface area contributed by atoms with E-state index in [0.717, 1.165) is 10.6 Å². The lowest BCUT2D eigenvalue weighted by Gasteiger charge is -2.43. The molecule has 1 fully saturated rings. The Hall–Kier alpha value is -3.90. The minimum Gasteiger partial charge on any atom is -0.507 e. The molecule has 3 aromatic carbocycles. The monoisotopic (exact) mass is 502 g/mol. The van der Waals surface area contributed by atoms with Crippen molar-refractivity contribution in [3.8, 4) is 5.75 Å². The van der Waals surface area contributed by atoms with Crippen molar-refractivity contribution >= 4 is 29.1 Å². The lowest BCUT2D eigenvalue weighted by Crippen LogP contribution is -2.48. The van der Waals surface area contributed by atoms with Crippen molar-refractivity contribution in [3.05, 3.63) is 119 Å². The Morgan fingerprint density at radius 1 is 1.11 bits per heavy atom. The van der Waals surface area contributed by atoms with Gasteiger partial charge in [-0.2, -0.15) is 5.01 Å². The number of allylic oxidation sites excluding steroid dienone is 3. The number of hydrogen-bond donors (Lipinski definition) is 2. The molecular formula is C29H24ClFN2O3. The fraction of sp³-hybridized carbons (Fsp3) is 0.172. The molecule has 0 radical (unpaired) electrons. The highest BCUT2D eigenvalue weighted by Gasteiger charge is 2.66. The third kappa shape index (κ3) is 3.52. The Balaban J connectivity index is 1.75. The van der Waals surface area contributed by atoms with Crippen LogP contribution in [0, 0.1) is 18.7 Å². The molecule has 1 heterocycles. The van der Waals surface area contributed by atoms with E-state index in [2.05, 4.69) is 12.0 Å². The minimum atomic E-state index is -1.38. The Kier molecular flexibility index (Phi) is 5.92. The number of phenolic OH excluding ortho intramolecular Hbond substituents is 1. The van der Waals surface area contributed by atoms with E-state index in [4.69, 9.17) is 11.6 Å². The minimum absolute atomic E-state index is 0.0643. The number of hydrogen-bond acceptors (Lipinski definition) is 4. The molecule has 2 N–H and O–H groups in total. The van der Waals surface area contributed by atoms with Crippen LogP contribution < -0.4 is 5.43 Å². The van der Waals surface area contributed by atoms with E-state index in [1.807, 2.05) is 12.1 Å². The summed E-state index contributed by atoms with van der Waals surface area (Å²) in [6.45, 7) is 5.76. The quantitative estimate of drug-likeness (QED) is 0.417. The van der Waals surface area contributed by atoms with Crippen molar-refractivity contribution in [1.82, 2.24) is 5.01 Å². The van der Waals surface area contributed by atoms with Gasteiger partial charge in [0.1, 0.15) is 11.6 Å². The van der Waals surface area contributed by atoms with Crippen molar-refractivity contribution in [2.75, 3.05) is 5.43 Å². The number of anilines is 1. The van der Waals surface area contributed by atoms with Crippen LogP contribution >= 0.6 is 11.6 Å². The topological polar surface area (TPSA) is 69.6 Å². The van der Waals surface area contributed by atoms with Crippen molar-refractivity contribution < 1.29 is 19.1 Å². The molecule has 5 nitrogen and oxygen atoms in total. The van der Waals surface area contributed by atoms with Gasteiger partial charge in [-0.25, -0.2) is 4.39 Å². The largest absolute Gasteiger partial charge is 0.507 e. The number of aromatic hydroxyl groups is 1. The number of carbonyl (C=O) groups is 2. The summed E-state index contributed by atoms with van der Waals surface area (Å²) in [7, 11) is 0. The Morgan fingerprint density at radius 3 is 2.47 bits per heavy atom. The maximum absolute atomic E-state index is 14.5. The molecule has 2 aliphatic rings. The molecule has 3 unspecified atom stereocenters. The van der Waals surface area contributed by atoms with E-state index in [9.17, 15) is 19.1 Å². The van der Waals surface area contributed by atoms with Crippen LogP contribution in [-0.2, 0) is 15.0 Å². The normalized spacial score (nSPS) is 23.3. The average Bonchev–Trinajstić information content (AvgIpc) is 3.09. The first-order chi connectivity index (χ1) is 17.3. The summed E-state index contributed by atoms with van der Waals surface area (Å²) in [6.07, 6.45) is 3.89. The zero-order valence-corrected chi connectivity index (χ0v) is 20.3. The molecule has 0 spiro atoms. The Morgan fingerprint density at radius 2 is 1.81 bits per heavy atom. The van der Waals surface area contributed by atoms with E-state index in [1.54, 1.807) is 49.4 Å². The van der Waals surface area contributed by atoms with Crippen LogP contribution in [0.5, 0.6) is 5.75 Å². The fourth-order valence-corrected chi connectivity index (χ4v) is 5.67. The third-order valence-corrected chi connectivity index (χ3v) is 7.48. The number of nitrogens with zero attached hydrogens (tertiary/aromatic N) is 1. The van der Waals surface area contributed by atoms with Gasteiger partial charge in [0, 0.05) is 16.5 Å². The molecule has 0 aromatic heterocycles. The summed E-state index contributed by atoms with van der Waals surface area (Å²) in [5.41, 5.74) is 4.45. The molecule has 182 valence electrons. The number of fused-ring (bicyclic) bond motifs is 1. The molecule has 0 saturated carbocycles. The summed E-state index contributed by atoms with van der Waals surface area (Å²) >= 11 is 6.19. The highest BCUT2D eigenvalue weighted by atomic mass is 35.5. The Bertz CT molecular complexity index is 1400. The van der Waals surface area contributed by atoms with E-state index >= 15 is 0 Å². The van der Waals surface area contributed by atoms with Crippen LogP contribution in [0.1, 0.15) is 29.0 Å². The van der Waals surface area contributed by atoms with E-state index in [0.29, 0.717) is 33.8 Å². The van der Waals surface area contributed by atoms with E-state index in [1.165, 1.54) is 24.3 Å². The van der Waals surface area contributed by atoms with Crippen LogP contribution in [0.15, 0.2) is 91.0 Å². The number of benzene rings is 3. The second-order valence-corrected chi connectivity index (χ2v) is 9.55. The van der Waals surface area contributed by atoms with Gasteiger partial charge in [-0.1, -0.05) is 60.7 Å². The summed E-state index contributed by atoms with van der Waals surface area (Å²) in [5.74, 6) is -2.69. The number of imide groups is 1. The van der Waals surface area contributed by atoms with Gasteiger partial charge in [0.2, 0.25) is 0 Å². The molecular weight excluding hydrogens is 479 g/mol. The Labute approximate surface area is 213 Å². The van der Waals surface area contributed by atoms with Crippen molar-refractivity contribution in [2.45, 2.75) is 24.7 Å². The number of carbonyl (C=O) groups excluding carboxylic acids is 2. The zero-order chi connectivity index (χ0) is 25.6. The second kappa shape index (κ2) is 8.95. The molecule has 1 aliphatic carbocycles. The van der Waals surface area contributed by atoms with Crippen LogP contribution in [0.25, 0.3) is 0 Å². The number of phenols is 1. The standard InChI is InChI=1S/C29H24ClFN2O3/c1-3-18-7-16-24-27(35)33(32-22-14-12-21(31)13-15-22)28(36)29(24,19-8-10-20(30)11-9-19)25(18)23-6-4-5-17(2)26(23)34/h3-15,24-25,32,34H,1,16H2,2H3. The molecule has 36 heavy (non-hydrogen) atoms. The molecule has 0 bridgehead atoms. The van der Waals surface area contributed by atoms with Crippen LogP contribution in [0.2, 0.25) is 5.02 Å². The predicted octanol–water partition coefficient (Wildman–Crippen LogP) is 6.04. The van der Waals surface area contributed by atoms with Gasteiger partial charge in [0.15, 0.2) is 0 Å². The number of hydrazine groups is 1. The van der Waals surface area contributed by atoms with Gasteiger partial charge in [-0.05, 0) is 66.4 Å². The maximum atomic E-state index is 14.5. The molecule has 7 heteroatoms. The molecule has 1 aliphatic heterocycles. The highest BCUT2D eigenvalue weighted by molar-refractivity contribution is 6.30. The number of rotatable bonds is 5. The number of amides is 2. The second-order valence-electron chi connectivity index (χ2n) is 9.12. The summed E-state index contributed by atoms with van der Waals surface area (Å²) in [5, 5.41) is 12.6. The zero-order valence-electron chi connectivity index (χ0n) is 19.5. The van der Waals surface area contributed by atoms with Crippen molar-refractivity contribution in [2.24, 2.45) is 5.92 Å². The fourth-order valence-electron chi connectivity index (χ4n) is 5.55. The van der Waals surface area contributed by atoms with E-state index in [-0.39, 0.29) is 5.75 Å².